The maximum absolute atomic E-state index is 15.0. The highest BCUT2D eigenvalue weighted by Crippen LogP contribution is 2.45. The molecule has 0 unspecified atom stereocenters. The van der Waals surface area contributed by atoms with Gasteiger partial charge in [0, 0.05) is 36.2 Å². The van der Waals surface area contributed by atoms with Crippen molar-refractivity contribution >= 4 is 33.0 Å². The second-order valence-corrected chi connectivity index (χ2v) is 13.9. The molecular formula is C30H30ClFN4O4S. The number of benzene rings is 2. The van der Waals surface area contributed by atoms with E-state index in [1.807, 2.05) is 29.2 Å². The minimum atomic E-state index is -3.00. The van der Waals surface area contributed by atoms with Gasteiger partial charge in [-0.25, -0.2) is 17.8 Å². The van der Waals surface area contributed by atoms with Crippen molar-refractivity contribution in [2.45, 2.75) is 50.0 Å². The number of hydrogen-bond donors (Lipinski definition) is 1. The summed E-state index contributed by atoms with van der Waals surface area (Å²) in [7, 11) is -3.00. The number of aromatic nitrogens is 1. The number of sulfone groups is 1. The molecule has 2 aromatic carbocycles. The molecule has 1 N–H and O–H groups in total. The molecule has 3 fully saturated rings. The summed E-state index contributed by atoms with van der Waals surface area (Å²) in [4.78, 5) is 20.2. The maximum atomic E-state index is 15.0. The summed E-state index contributed by atoms with van der Waals surface area (Å²) in [6.45, 7) is 0.857. The highest BCUT2D eigenvalue weighted by atomic mass is 35.5. The largest absolute Gasteiger partial charge is 0.440 e. The number of hydrogen-bond acceptors (Lipinski definition) is 7. The Kier molecular flexibility index (Phi) is 7.28. The molecule has 1 aromatic heterocycles. The first-order chi connectivity index (χ1) is 19.7. The zero-order valence-corrected chi connectivity index (χ0v) is 24.0. The first kappa shape index (κ1) is 27.7. The lowest BCUT2D eigenvalue weighted by Crippen LogP contribution is -2.42. The van der Waals surface area contributed by atoms with E-state index >= 15 is 4.39 Å². The minimum absolute atomic E-state index is 0.0437. The van der Waals surface area contributed by atoms with Crippen molar-refractivity contribution in [3.8, 4) is 28.8 Å². The molecule has 2 aliphatic carbocycles. The second-order valence-electron chi connectivity index (χ2n) is 11.2. The van der Waals surface area contributed by atoms with Crippen LogP contribution in [0.2, 0.25) is 5.02 Å². The molecule has 1 aliphatic heterocycles. The van der Waals surface area contributed by atoms with Crippen molar-refractivity contribution in [1.29, 1.82) is 5.26 Å². The van der Waals surface area contributed by atoms with Gasteiger partial charge in [0.25, 0.3) is 0 Å². The molecule has 0 spiro atoms. The van der Waals surface area contributed by atoms with Gasteiger partial charge in [0.05, 0.1) is 28.2 Å². The van der Waals surface area contributed by atoms with Crippen LogP contribution in [0.4, 0.5) is 10.1 Å². The van der Waals surface area contributed by atoms with E-state index in [1.54, 1.807) is 12.1 Å². The Morgan fingerprint density at radius 1 is 1.12 bits per heavy atom. The standard InChI is InChI=1S/C30H30ClFN4O4S/c31-24-7-3-6-23(25(24)32)29-34-26(19-8-10-20(11-9-19)36-14-16-41(38,39)17-15-36)27(40-29)21-4-1-2-5-22(21)28(37)35-30(18-33)12-13-30/h3,6-11,21-22H,1-2,4-5,12-17H2,(H,35,37)/t21-,22-/m1/s1. The molecule has 8 nitrogen and oxygen atoms in total. The number of oxazole rings is 1. The van der Waals surface area contributed by atoms with Crippen LogP contribution in [0.5, 0.6) is 0 Å². The normalized spacial score (nSPS) is 23.0. The Balaban J connectivity index is 1.37. The van der Waals surface area contributed by atoms with E-state index in [2.05, 4.69) is 11.4 Å². The molecule has 2 atom stereocenters. The van der Waals surface area contributed by atoms with Gasteiger partial charge in [0.2, 0.25) is 11.8 Å². The summed E-state index contributed by atoms with van der Waals surface area (Å²) in [6.07, 6.45) is 4.41. The van der Waals surface area contributed by atoms with Gasteiger partial charge in [0.15, 0.2) is 15.7 Å². The molecule has 3 aliphatic rings. The summed E-state index contributed by atoms with van der Waals surface area (Å²) in [5.41, 5.74) is 1.52. The van der Waals surface area contributed by atoms with Gasteiger partial charge < -0.3 is 14.6 Å². The van der Waals surface area contributed by atoms with E-state index < -0.39 is 27.1 Å². The number of nitriles is 1. The van der Waals surface area contributed by atoms with Gasteiger partial charge >= 0.3 is 0 Å². The van der Waals surface area contributed by atoms with Crippen LogP contribution in [0.3, 0.4) is 0 Å². The zero-order chi connectivity index (χ0) is 28.8. The lowest BCUT2D eigenvalue weighted by Gasteiger charge is -2.30. The van der Waals surface area contributed by atoms with Gasteiger partial charge in [-0.05, 0) is 49.9 Å². The van der Waals surface area contributed by atoms with Crippen LogP contribution < -0.4 is 10.2 Å². The Labute approximate surface area is 243 Å². The monoisotopic (exact) mass is 596 g/mol. The van der Waals surface area contributed by atoms with E-state index in [-0.39, 0.29) is 39.8 Å². The number of amides is 1. The third-order valence-electron chi connectivity index (χ3n) is 8.45. The topological polar surface area (TPSA) is 116 Å². The van der Waals surface area contributed by atoms with Gasteiger partial charge in [-0.1, -0.05) is 42.6 Å². The average Bonchev–Trinajstić information content (AvgIpc) is 3.61. The van der Waals surface area contributed by atoms with Gasteiger partial charge in [0.1, 0.15) is 17.0 Å². The molecule has 3 aromatic rings. The Morgan fingerprint density at radius 3 is 2.51 bits per heavy atom. The Hall–Kier alpha value is -3.42. The minimum Gasteiger partial charge on any atom is -0.440 e. The lowest BCUT2D eigenvalue weighted by atomic mass is 9.76. The predicted molar refractivity (Wildman–Crippen MR) is 154 cm³/mol. The quantitative estimate of drug-likeness (QED) is 0.400. The van der Waals surface area contributed by atoms with Gasteiger partial charge in [-0.15, -0.1) is 0 Å². The van der Waals surface area contributed by atoms with Crippen molar-refractivity contribution in [1.82, 2.24) is 10.3 Å². The van der Waals surface area contributed by atoms with Crippen molar-refractivity contribution < 1.29 is 22.0 Å². The van der Waals surface area contributed by atoms with Gasteiger partial charge in [-0.2, -0.15) is 5.26 Å². The summed E-state index contributed by atoms with van der Waals surface area (Å²) in [5, 5.41) is 12.4. The van der Waals surface area contributed by atoms with Crippen LogP contribution in [0, 0.1) is 23.1 Å². The summed E-state index contributed by atoms with van der Waals surface area (Å²) >= 11 is 6.06. The van der Waals surface area contributed by atoms with Crippen molar-refractivity contribution in [2.75, 3.05) is 29.5 Å². The predicted octanol–water partition coefficient (Wildman–Crippen LogP) is 5.48. The molecule has 11 heteroatoms. The number of carbonyl (C=O) groups is 1. The number of halogens is 2. The fraction of sp³-hybridized carbons (Fsp3) is 0.433. The van der Waals surface area contributed by atoms with Crippen LogP contribution in [0.15, 0.2) is 46.9 Å². The van der Waals surface area contributed by atoms with E-state index in [0.717, 1.165) is 24.1 Å². The highest BCUT2D eigenvalue weighted by molar-refractivity contribution is 7.91. The average molecular weight is 597 g/mol. The van der Waals surface area contributed by atoms with E-state index in [9.17, 15) is 18.5 Å². The zero-order valence-electron chi connectivity index (χ0n) is 22.4. The molecule has 2 heterocycles. The molecule has 0 bridgehead atoms. The Bertz CT molecular complexity index is 1610. The van der Waals surface area contributed by atoms with Crippen molar-refractivity contribution in [2.24, 2.45) is 5.92 Å². The molecule has 1 amide bonds. The second kappa shape index (κ2) is 10.8. The van der Waals surface area contributed by atoms with Crippen LogP contribution in [0.25, 0.3) is 22.7 Å². The number of anilines is 1. The smallest absolute Gasteiger partial charge is 0.229 e. The molecule has 214 valence electrons. The van der Waals surface area contributed by atoms with Crippen molar-refractivity contribution in [3.05, 3.63) is 59.1 Å². The van der Waals surface area contributed by atoms with Gasteiger partial charge in [-0.3, -0.25) is 4.79 Å². The first-order valence-corrected chi connectivity index (χ1v) is 16.1. The molecule has 6 rings (SSSR count). The molecule has 2 saturated carbocycles. The molecular weight excluding hydrogens is 567 g/mol. The van der Waals surface area contributed by atoms with Crippen LogP contribution >= 0.6 is 11.6 Å². The van der Waals surface area contributed by atoms with Crippen LogP contribution in [0.1, 0.15) is 50.2 Å². The van der Waals surface area contributed by atoms with Crippen LogP contribution in [-0.4, -0.2) is 49.4 Å². The summed E-state index contributed by atoms with van der Waals surface area (Å²) < 4.78 is 45.1. The number of carbonyl (C=O) groups excluding carboxylic acids is 1. The van der Waals surface area contributed by atoms with Crippen molar-refractivity contribution in [3.63, 3.8) is 0 Å². The van der Waals surface area contributed by atoms with E-state index in [0.29, 0.717) is 50.2 Å². The summed E-state index contributed by atoms with van der Waals surface area (Å²) in [6, 6.07) is 14.5. The Morgan fingerprint density at radius 2 is 1.83 bits per heavy atom. The third kappa shape index (κ3) is 5.57. The molecule has 0 radical (unpaired) electrons. The number of rotatable bonds is 6. The summed E-state index contributed by atoms with van der Waals surface area (Å²) in [5.74, 6) is -0.673. The number of nitrogens with one attached hydrogen (secondary N) is 1. The SMILES string of the molecule is N#CC1(NC(=O)[C@@H]2CCCC[C@H]2c2oc(-c3cccc(Cl)c3F)nc2-c2ccc(N3CCS(=O)(=O)CC3)cc2)CC1. The van der Waals surface area contributed by atoms with Crippen LogP contribution in [-0.2, 0) is 14.6 Å². The fourth-order valence-corrected chi connectivity index (χ4v) is 7.23. The molecule has 41 heavy (non-hydrogen) atoms. The highest BCUT2D eigenvalue weighted by Gasteiger charge is 2.47. The number of nitrogens with zero attached hydrogens (tertiary/aromatic N) is 3. The van der Waals surface area contributed by atoms with E-state index in [1.165, 1.54) is 6.07 Å². The lowest BCUT2D eigenvalue weighted by molar-refractivity contribution is -0.127. The fourth-order valence-electron chi connectivity index (χ4n) is 5.85. The molecule has 1 saturated heterocycles. The first-order valence-electron chi connectivity index (χ1n) is 13.9. The van der Waals surface area contributed by atoms with E-state index in [4.69, 9.17) is 21.0 Å². The third-order valence-corrected chi connectivity index (χ3v) is 10.4. The maximum Gasteiger partial charge on any atom is 0.229 e.